The molecule has 0 spiro atoms. The molecule has 1 aliphatic heterocycles. The van der Waals surface area contributed by atoms with Crippen LogP contribution in [0.4, 0.5) is 5.69 Å². The van der Waals surface area contributed by atoms with Crippen LogP contribution >= 0.6 is 31.9 Å². The first-order valence-corrected chi connectivity index (χ1v) is 9.94. The third-order valence-corrected chi connectivity index (χ3v) is 5.28. The molecule has 1 saturated heterocycles. The lowest BCUT2D eigenvalue weighted by molar-refractivity contribution is 0.193. The van der Waals surface area contributed by atoms with E-state index in [4.69, 9.17) is 20.6 Å². The molecule has 3 N–H and O–H groups in total. The number of halogens is 2. The molecular formula is C20H20Br2N2O2. The molecule has 26 heavy (non-hydrogen) atoms. The molecule has 4 rings (SSSR count). The molecule has 6 heteroatoms. The van der Waals surface area contributed by atoms with Crippen LogP contribution in [0.15, 0.2) is 57.5 Å². The first-order valence-electron chi connectivity index (χ1n) is 8.35. The molecule has 0 unspecified atom stereocenters. The van der Waals surface area contributed by atoms with E-state index in [1.165, 1.54) is 5.39 Å². The van der Waals surface area contributed by atoms with E-state index < -0.39 is 0 Å². The van der Waals surface area contributed by atoms with Crippen LogP contribution in [0, 0.1) is 0 Å². The topological polar surface area (TPSA) is 68.4 Å². The summed E-state index contributed by atoms with van der Waals surface area (Å²) in [7, 11) is 0. The smallest absolute Gasteiger partial charge is 0.0706 e. The molecule has 1 atom stereocenters. The number of aliphatic hydroxyl groups excluding tert-OH is 1. The van der Waals surface area contributed by atoms with E-state index in [-0.39, 0.29) is 6.61 Å². The van der Waals surface area contributed by atoms with Gasteiger partial charge in [0.1, 0.15) is 0 Å². The van der Waals surface area contributed by atoms with E-state index in [9.17, 15) is 0 Å². The molecule has 0 radical (unpaired) electrons. The number of aliphatic hydroxyl groups is 1. The van der Waals surface area contributed by atoms with Gasteiger partial charge in [0, 0.05) is 43.8 Å². The molecule has 0 bridgehead atoms. The fourth-order valence-electron chi connectivity index (χ4n) is 2.82. The standard InChI is InChI=1S/C13H12BrNO.C7H8BrNO/c14-11-2-4-12-9(7-11)1-3-13(15-12)10-5-6-16-8-10;8-6-1-2-7(9)5(3-6)4-10/h1-4,7,10H,5-6,8H2;1-3,10H,4,9H2/t10-;/m0./s1. The second-order valence-corrected chi connectivity index (χ2v) is 7.97. The number of rotatable bonds is 2. The first kappa shape index (κ1) is 19.3. The van der Waals surface area contributed by atoms with Crippen molar-refractivity contribution in [1.29, 1.82) is 0 Å². The van der Waals surface area contributed by atoms with Crippen molar-refractivity contribution in [1.82, 2.24) is 4.98 Å². The van der Waals surface area contributed by atoms with Crippen LogP contribution in [-0.4, -0.2) is 23.3 Å². The van der Waals surface area contributed by atoms with Gasteiger partial charge in [-0.05, 0) is 48.9 Å². The number of nitrogens with zero attached hydrogens (tertiary/aromatic N) is 1. The predicted octanol–water partition coefficient (Wildman–Crippen LogP) is 5.02. The summed E-state index contributed by atoms with van der Waals surface area (Å²) in [5.41, 5.74) is 9.13. The zero-order chi connectivity index (χ0) is 18.5. The SMILES string of the molecule is Brc1ccc2nc([C@H]3CCOC3)ccc2c1.Nc1ccc(Br)cc1CO. The summed E-state index contributed by atoms with van der Waals surface area (Å²) in [4.78, 5) is 4.70. The molecule has 2 aromatic carbocycles. The van der Waals surface area contributed by atoms with Gasteiger partial charge in [-0.2, -0.15) is 0 Å². The maximum Gasteiger partial charge on any atom is 0.0706 e. The summed E-state index contributed by atoms with van der Waals surface area (Å²) < 4.78 is 7.43. The number of pyridine rings is 1. The number of nitrogens with two attached hydrogens (primary N) is 1. The van der Waals surface area contributed by atoms with Gasteiger partial charge in [-0.1, -0.05) is 37.9 Å². The summed E-state index contributed by atoms with van der Waals surface area (Å²) in [6.07, 6.45) is 1.09. The maximum atomic E-state index is 8.74. The highest BCUT2D eigenvalue weighted by Gasteiger charge is 2.18. The molecule has 136 valence electrons. The first-order chi connectivity index (χ1) is 12.6. The van der Waals surface area contributed by atoms with Gasteiger partial charge in [-0.15, -0.1) is 0 Å². The van der Waals surface area contributed by atoms with Crippen LogP contribution in [0.3, 0.4) is 0 Å². The van der Waals surface area contributed by atoms with Gasteiger partial charge in [0.25, 0.3) is 0 Å². The molecule has 3 aromatic rings. The predicted molar refractivity (Wildman–Crippen MR) is 112 cm³/mol. The van der Waals surface area contributed by atoms with Crippen molar-refractivity contribution in [2.75, 3.05) is 18.9 Å². The van der Waals surface area contributed by atoms with E-state index in [2.05, 4.69) is 56.1 Å². The fourth-order valence-corrected chi connectivity index (χ4v) is 3.61. The normalized spacial score (nSPS) is 16.3. The van der Waals surface area contributed by atoms with Crippen molar-refractivity contribution < 1.29 is 9.84 Å². The van der Waals surface area contributed by atoms with Crippen LogP contribution in [0.5, 0.6) is 0 Å². The maximum absolute atomic E-state index is 8.74. The Balaban J connectivity index is 0.000000170. The third-order valence-electron chi connectivity index (χ3n) is 4.30. The van der Waals surface area contributed by atoms with Gasteiger partial charge in [0.2, 0.25) is 0 Å². The zero-order valence-electron chi connectivity index (χ0n) is 14.2. The van der Waals surface area contributed by atoms with Gasteiger partial charge in [-0.25, -0.2) is 0 Å². The lowest BCUT2D eigenvalue weighted by Gasteiger charge is -2.08. The lowest BCUT2D eigenvalue weighted by Crippen LogP contribution is -2.00. The minimum absolute atomic E-state index is 0.00866. The van der Waals surface area contributed by atoms with Crippen LogP contribution in [0.25, 0.3) is 10.9 Å². The largest absolute Gasteiger partial charge is 0.398 e. The number of benzene rings is 2. The third kappa shape index (κ3) is 4.82. The number of ether oxygens (including phenoxy) is 1. The highest BCUT2D eigenvalue weighted by molar-refractivity contribution is 9.10. The monoisotopic (exact) mass is 478 g/mol. The van der Waals surface area contributed by atoms with Gasteiger partial charge >= 0.3 is 0 Å². The van der Waals surface area contributed by atoms with Gasteiger partial charge < -0.3 is 15.6 Å². The van der Waals surface area contributed by atoms with Crippen molar-refractivity contribution in [3.8, 4) is 0 Å². The van der Waals surface area contributed by atoms with Crippen LogP contribution < -0.4 is 5.73 Å². The number of nitrogen functional groups attached to an aromatic ring is 1. The number of anilines is 1. The van der Waals surface area contributed by atoms with E-state index in [0.29, 0.717) is 11.6 Å². The Morgan fingerprint density at radius 3 is 2.54 bits per heavy atom. The number of hydrogen-bond donors (Lipinski definition) is 2. The molecule has 1 aromatic heterocycles. The van der Waals surface area contributed by atoms with Crippen molar-refractivity contribution >= 4 is 48.5 Å². The Morgan fingerprint density at radius 1 is 1.08 bits per heavy atom. The Hall–Kier alpha value is -1.47. The average molecular weight is 480 g/mol. The minimum Gasteiger partial charge on any atom is -0.398 e. The molecule has 1 fully saturated rings. The van der Waals surface area contributed by atoms with Crippen molar-refractivity contribution in [3.05, 3.63) is 68.7 Å². The summed E-state index contributed by atoms with van der Waals surface area (Å²) in [5, 5.41) is 9.92. The van der Waals surface area contributed by atoms with Crippen LogP contribution in [0.2, 0.25) is 0 Å². The van der Waals surface area contributed by atoms with E-state index >= 15 is 0 Å². The Bertz CT molecular complexity index is 896. The molecule has 0 aliphatic carbocycles. The quantitative estimate of drug-likeness (QED) is 0.506. The molecule has 4 nitrogen and oxygen atoms in total. The van der Waals surface area contributed by atoms with Gasteiger partial charge in [0.05, 0.1) is 18.7 Å². The van der Waals surface area contributed by atoms with Crippen molar-refractivity contribution in [2.24, 2.45) is 0 Å². The van der Waals surface area contributed by atoms with E-state index in [1.54, 1.807) is 12.1 Å². The molecule has 1 aliphatic rings. The summed E-state index contributed by atoms with van der Waals surface area (Å²) in [6.45, 7) is 1.67. The average Bonchev–Trinajstić information content (AvgIpc) is 3.18. The van der Waals surface area contributed by atoms with Crippen LogP contribution in [-0.2, 0) is 11.3 Å². The molecule has 2 heterocycles. The summed E-state index contributed by atoms with van der Waals surface area (Å²) in [6, 6.07) is 15.8. The van der Waals surface area contributed by atoms with Crippen LogP contribution in [0.1, 0.15) is 23.6 Å². The Morgan fingerprint density at radius 2 is 1.85 bits per heavy atom. The number of hydrogen-bond acceptors (Lipinski definition) is 4. The number of fused-ring (bicyclic) bond motifs is 1. The molecular weight excluding hydrogens is 460 g/mol. The van der Waals surface area contributed by atoms with Crippen molar-refractivity contribution in [3.63, 3.8) is 0 Å². The second-order valence-electron chi connectivity index (χ2n) is 6.13. The summed E-state index contributed by atoms with van der Waals surface area (Å²) >= 11 is 6.74. The lowest BCUT2D eigenvalue weighted by atomic mass is 10.0. The summed E-state index contributed by atoms with van der Waals surface area (Å²) in [5.74, 6) is 0.480. The molecule has 0 amide bonds. The van der Waals surface area contributed by atoms with Gasteiger partial charge in [0.15, 0.2) is 0 Å². The molecule has 0 saturated carbocycles. The second kappa shape index (κ2) is 8.95. The fraction of sp³-hybridized carbons (Fsp3) is 0.250. The van der Waals surface area contributed by atoms with E-state index in [0.717, 1.165) is 45.4 Å². The van der Waals surface area contributed by atoms with Gasteiger partial charge in [-0.3, -0.25) is 4.98 Å². The Labute approximate surface area is 169 Å². The zero-order valence-corrected chi connectivity index (χ0v) is 17.3. The highest BCUT2D eigenvalue weighted by atomic mass is 79.9. The minimum atomic E-state index is -0.00866. The van der Waals surface area contributed by atoms with E-state index in [1.807, 2.05) is 12.1 Å². The number of aromatic nitrogens is 1. The highest BCUT2D eigenvalue weighted by Crippen LogP contribution is 2.26. The Kier molecular flexibility index (Phi) is 6.64. The van der Waals surface area contributed by atoms with Crippen molar-refractivity contribution in [2.45, 2.75) is 18.9 Å².